The maximum absolute atomic E-state index is 12.0. The lowest BCUT2D eigenvalue weighted by Gasteiger charge is -2.22. The van der Waals surface area contributed by atoms with Crippen molar-refractivity contribution < 1.29 is 38.4 Å². The molecule has 0 spiro atoms. The molecule has 12 aromatic heterocycles. The number of aryl methyl sites for hydroxylation is 6. The van der Waals surface area contributed by atoms with Gasteiger partial charge >= 0.3 is 0 Å². The van der Waals surface area contributed by atoms with Crippen LogP contribution in [0.1, 0.15) is 78.5 Å². The highest BCUT2D eigenvalue weighted by Gasteiger charge is 2.21. The van der Waals surface area contributed by atoms with E-state index in [4.69, 9.17) is 29.4 Å². The van der Waals surface area contributed by atoms with Crippen LogP contribution >= 0.6 is 15.9 Å². The number of nitrogens with one attached hydrogen (secondary N) is 1. The third-order valence-electron chi connectivity index (χ3n) is 15.6. The molecule has 0 amide bonds. The van der Waals surface area contributed by atoms with Crippen molar-refractivity contribution in [1.29, 1.82) is 0 Å². The highest BCUT2D eigenvalue weighted by atomic mass is 79.9. The molecular weight excluding hydrogens is 1350 g/mol. The summed E-state index contributed by atoms with van der Waals surface area (Å²) in [4.78, 5) is 51.8. The van der Waals surface area contributed by atoms with Gasteiger partial charge in [-0.05, 0) is 117 Å². The minimum Gasteiger partial charge on any atom is -0.481 e. The second-order valence-corrected chi connectivity index (χ2v) is 22.8. The molecule has 0 bridgehead atoms. The van der Waals surface area contributed by atoms with Gasteiger partial charge < -0.3 is 44.4 Å². The number of aldehydes is 1. The molecule has 28 nitrogen and oxygen atoms in total. The molecule has 14 aromatic rings. The van der Waals surface area contributed by atoms with E-state index in [9.17, 15) is 14.7 Å². The van der Waals surface area contributed by atoms with Crippen molar-refractivity contribution in [2.45, 2.75) is 18.2 Å². The number of nitrogens with two attached hydrogens (primary N) is 1. The Kier molecular flexibility index (Phi) is 25.4. The van der Waals surface area contributed by atoms with Crippen molar-refractivity contribution in [3.05, 3.63) is 263 Å². The summed E-state index contributed by atoms with van der Waals surface area (Å²) < 4.78 is 36.4. The molecule has 0 aliphatic rings. The number of aromatic nitrogens is 18. The van der Waals surface area contributed by atoms with Crippen LogP contribution in [0.3, 0.4) is 0 Å². The molecule has 3 atom stereocenters. The fourth-order valence-electron chi connectivity index (χ4n) is 10.1. The molecular formula is C72H75BrN20O8. The van der Waals surface area contributed by atoms with Gasteiger partial charge in [0.2, 0.25) is 35.2 Å². The number of fused-ring (bicyclic) bond motifs is 2. The van der Waals surface area contributed by atoms with Crippen molar-refractivity contribution in [3.63, 3.8) is 0 Å². The topological polar surface area (TPSA) is 323 Å². The van der Waals surface area contributed by atoms with E-state index in [-0.39, 0.29) is 17.9 Å². The summed E-state index contributed by atoms with van der Waals surface area (Å²) in [6, 6.07) is 39.5. The number of ketones is 1. The zero-order valence-corrected chi connectivity index (χ0v) is 58.8. The van der Waals surface area contributed by atoms with E-state index < -0.39 is 6.10 Å². The Balaban J connectivity index is 0.000000154. The monoisotopic (exact) mass is 1430 g/mol. The number of ether oxygens (including phenoxy) is 5. The van der Waals surface area contributed by atoms with Crippen LogP contribution in [0.4, 0.5) is 5.69 Å². The van der Waals surface area contributed by atoms with E-state index in [2.05, 4.69) is 130 Å². The minimum absolute atomic E-state index is 0.102. The summed E-state index contributed by atoms with van der Waals surface area (Å²) in [5.74, 6) is 2.71. The van der Waals surface area contributed by atoms with Crippen molar-refractivity contribution in [1.82, 2.24) is 88.4 Å². The highest BCUT2D eigenvalue weighted by Crippen LogP contribution is 2.35. The van der Waals surface area contributed by atoms with E-state index >= 15 is 0 Å². The van der Waals surface area contributed by atoms with Crippen molar-refractivity contribution in [2.75, 3.05) is 40.9 Å². The van der Waals surface area contributed by atoms with E-state index in [1.54, 1.807) is 176 Å². The van der Waals surface area contributed by atoms with Crippen LogP contribution in [-0.4, -0.2) is 141 Å². The molecule has 101 heavy (non-hydrogen) atoms. The lowest BCUT2D eigenvalue weighted by Crippen LogP contribution is -2.16. The van der Waals surface area contributed by atoms with Crippen LogP contribution in [0.25, 0.3) is 33.1 Å². The average molecular weight is 1430 g/mol. The standard InChI is InChI=1S/C28H25N7O.C11H14N4O.C11H13N3O2.C11H11N3O2.C6H6BrNO.C5H6N2O/c1-34-13-9-18-4-5-19(14-25(18)34)22-15-21(16-23-28(22)30-12-11-29-23)33-27(24-8-10-32-35(24)2)20-6-7-26(36-3)31-17-20;1-15-9(5-6-14-15)11(12)8-3-4-10(16-2)13-7-8;2*1-14-9(5-6-13-14)11(15)8-3-4-10(16-2)12-7-8;1-9-6-3-2-5(7)4-8-6;1-7-5(4-8)2-3-6-7/h4-17,27,33H,1-3H3;3-7,11H,12H2,1-2H3;3-7,11,15H,1-2H3;3-7H,1-2H3;2-4H,1H3;2-4H,1H3. The molecule has 0 aliphatic carbocycles. The Bertz CT molecular complexity index is 4830. The lowest BCUT2D eigenvalue weighted by molar-refractivity contribution is 0.102. The van der Waals surface area contributed by atoms with Gasteiger partial charge in [0.15, 0.2) is 6.29 Å². The first kappa shape index (κ1) is 72.9. The first-order valence-electron chi connectivity index (χ1n) is 31.0. The Hall–Kier alpha value is -12.3. The third kappa shape index (κ3) is 18.9. The van der Waals surface area contributed by atoms with Crippen molar-refractivity contribution >= 4 is 55.6 Å². The molecule has 0 radical (unpaired) electrons. The number of carbonyl (C=O) groups is 2. The molecule has 12 heterocycles. The molecule has 3 unspecified atom stereocenters. The fraction of sp³-hybridized carbons (Fsp3) is 0.194. The molecule has 0 saturated carbocycles. The zero-order valence-electron chi connectivity index (χ0n) is 57.2. The first-order chi connectivity index (χ1) is 48.9. The number of halogens is 1. The number of rotatable bonds is 17. The molecule has 0 aliphatic heterocycles. The van der Waals surface area contributed by atoms with Crippen LogP contribution < -0.4 is 34.7 Å². The van der Waals surface area contributed by atoms with Crippen LogP contribution in [0.15, 0.2) is 212 Å². The van der Waals surface area contributed by atoms with Crippen LogP contribution in [0, 0.1) is 0 Å². The van der Waals surface area contributed by atoms with Crippen molar-refractivity contribution in [3.8, 4) is 40.5 Å². The largest absolute Gasteiger partial charge is 0.481 e. The van der Waals surface area contributed by atoms with Gasteiger partial charge in [0.1, 0.15) is 17.5 Å². The SMILES string of the molecule is COc1ccc(Br)cn1.COc1ccc(C(=O)c2ccnn2C)cn1.COc1ccc(C(N)c2ccnn2C)cn1.COc1ccc(C(Nc2cc(-c3ccc4ccn(C)c4c3)c3nccnc3c2)c2ccnn2C)cn1.COc1ccc(C(O)c2ccnn2C)cn1.Cn1nccc1C=O. The number of methoxy groups -OCH3 is 5. The van der Waals surface area contributed by atoms with Crippen LogP contribution in [-0.2, 0) is 42.3 Å². The Labute approximate surface area is 590 Å². The van der Waals surface area contributed by atoms with Crippen molar-refractivity contribution in [2.24, 2.45) is 48.0 Å². The summed E-state index contributed by atoms with van der Waals surface area (Å²) in [5, 5.41) is 35.2. The average Bonchev–Trinajstić information content (AvgIpc) is 1.67. The number of anilines is 1. The number of carbonyl (C=O) groups excluding carboxylic acids is 2. The van der Waals surface area contributed by atoms with Gasteiger partial charge in [0.05, 0.1) is 75.7 Å². The Morgan fingerprint density at radius 1 is 0.505 bits per heavy atom. The molecule has 0 saturated heterocycles. The van der Waals surface area contributed by atoms with E-state index in [1.165, 1.54) is 33.6 Å². The maximum Gasteiger partial charge on any atom is 0.212 e. The predicted molar refractivity (Wildman–Crippen MR) is 384 cm³/mol. The molecule has 518 valence electrons. The van der Waals surface area contributed by atoms with Gasteiger partial charge in [0.25, 0.3) is 0 Å². The van der Waals surface area contributed by atoms with Gasteiger partial charge in [-0.2, -0.15) is 25.5 Å². The minimum atomic E-state index is -0.717. The summed E-state index contributed by atoms with van der Waals surface area (Å²) >= 11 is 3.26. The zero-order chi connectivity index (χ0) is 72.0. The maximum atomic E-state index is 12.0. The number of benzene rings is 2. The molecule has 14 rings (SSSR count). The van der Waals surface area contributed by atoms with E-state index in [0.717, 1.165) is 66.8 Å². The smallest absolute Gasteiger partial charge is 0.212 e. The number of aliphatic hydroxyl groups excluding tert-OH is 1. The second-order valence-electron chi connectivity index (χ2n) is 21.9. The first-order valence-corrected chi connectivity index (χ1v) is 31.8. The fourth-order valence-corrected chi connectivity index (χ4v) is 10.3. The molecule has 2 aromatic carbocycles. The summed E-state index contributed by atoms with van der Waals surface area (Å²) in [6.45, 7) is 0. The van der Waals surface area contributed by atoms with E-state index in [0.29, 0.717) is 51.9 Å². The summed E-state index contributed by atoms with van der Waals surface area (Å²) in [7, 11) is 19.0. The third-order valence-corrected chi connectivity index (χ3v) is 16.1. The number of hydrogen-bond donors (Lipinski definition) is 3. The molecule has 0 fully saturated rings. The molecule has 4 N–H and O–H groups in total. The molecule has 29 heteroatoms. The van der Waals surface area contributed by atoms with Gasteiger partial charge in [-0.25, -0.2) is 24.9 Å². The van der Waals surface area contributed by atoms with Crippen LogP contribution in [0.2, 0.25) is 0 Å². The summed E-state index contributed by atoms with van der Waals surface area (Å²) in [6.07, 6.45) is 22.3. The lowest BCUT2D eigenvalue weighted by atomic mass is 10.00. The second kappa shape index (κ2) is 35.2. The Morgan fingerprint density at radius 3 is 1.51 bits per heavy atom. The quantitative estimate of drug-likeness (QED) is 0.0563. The number of nitrogens with zero attached hydrogens (tertiary/aromatic N) is 18. The van der Waals surface area contributed by atoms with Gasteiger partial charge in [-0.1, -0.05) is 18.2 Å². The highest BCUT2D eigenvalue weighted by molar-refractivity contribution is 9.10. The summed E-state index contributed by atoms with van der Waals surface area (Å²) in [5.41, 5.74) is 19.0. The Morgan fingerprint density at radius 2 is 1.02 bits per heavy atom. The predicted octanol–water partition coefficient (Wildman–Crippen LogP) is 10.0. The van der Waals surface area contributed by atoms with E-state index in [1.807, 2.05) is 67.4 Å². The van der Waals surface area contributed by atoms with Gasteiger partial charge in [-0.3, -0.25) is 43.0 Å². The normalized spacial score (nSPS) is 11.4. The van der Waals surface area contributed by atoms with Crippen LogP contribution in [0.5, 0.6) is 29.4 Å². The van der Waals surface area contributed by atoms with Gasteiger partial charge in [0, 0.05) is 186 Å². The number of pyridine rings is 5. The van der Waals surface area contributed by atoms with Gasteiger partial charge in [-0.15, -0.1) is 0 Å². The number of aliphatic hydroxyl groups is 1. The number of hydrogen-bond acceptors (Lipinski definition) is 22.